The molecule has 0 saturated heterocycles. The number of aromatic nitrogens is 2. The van der Waals surface area contributed by atoms with Crippen LogP contribution in [0.1, 0.15) is 54.7 Å². The van der Waals surface area contributed by atoms with Gasteiger partial charge in [0.1, 0.15) is 11.5 Å². The zero-order chi connectivity index (χ0) is 17.7. The van der Waals surface area contributed by atoms with E-state index in [0.717, 1.165) is 48.5 Å². The fraction of sp³-hybridized carbons (Fsp3) is 0.550. The van der Waals surface area contributed by atoms with Gasteiger partial charge in [0.25, 0.3) is 5.91 Å². The first-order valence-corrected chi connectivity index (χ1v) is 10.4. The molecule has 6 rings (SSSR count). The second-order valence-electron chi connectivity index (χ2n) is 8.48. The second kappa shape index (κ2) is 6.05. The maximum atomic E-state index is 12.8. The topological polar surface area (TPSA) is 66.9 Å². The molecule has 2 N–H and O–H groups in total. The van der Waals surface area contributed by atoms with Crippen molar-refractivity contribution >= 4 is 28.2 Å². The Morgan fingerprint density at radius 1 is 1.12 bits per heavy atom. The average molecular weight is 369 g/mol. The molecule has 136 valence electrons. The lowest BCUT2D eigenvalue weighted by Gasteiger charge is -2.56. The number of hydrogen-bond acceptors (Lipinski definition) is 5. The van der Waals surface area contributed by atoms with Crippen LogP contribution in [0.25, 0.3) is 0 Å². The first-order chi connectivity index (χ1) is 12.6. The third kappa shape index (κ3) is 3.00. The van der Waals surface area contributed by atoms with Gasteiger partial charge in [-0.3, -0.25) is 4.79 Å². The van der Waals surface area contributed by atoms with Gasteiger partial charge in [-0.2, -0.15) is 0 Å². The van der Waals surface area contributed by atoms with E-state index in [9.17, 15) is 4.79 Å². The molecule has 0 aromatic carbocycles. The number of aryl methyl sites for hydroxylation is 1. The number of anilines is 2. The summed E-state index contributed by atoms with van der Waals surface area (Å²) < 4.78 is 0. The zero-order valence-electron chi connectivity index (χ0n) is 15.0. The molecule has 4 saturated carbocycles. The number of carbonyl (C=O) groups is 1. The Morgan fingerprint density at radius 2 is 1.81 bits per heavy atom. The molecule has 26 heavy (non-hydrogen) atoms. The maximum Gasteiger partial charge on any atom is 0.271 e. The minimum Gasteiger partial charge on any atom is -0.345 e. The van der Waals surface area contributed by atoms with Gasteiger partial charge in [-0.15, -0.1) is 11.3 Å². The standard InChI is InChI=1S/C20H24N4OS/c1-12-3-2-4-17(21-12)23-19-22-16(11-26-19)18(25)24-20-8-13-5-14(9-20)7-15(6-13)10-20/h2-4,11,13-15H,5-10H2,1H3,(H,24,25)(H,21,22,23). The summed E-state index contributed by atoms with van der Waals surface area (Å²) in [6, 6.07) is 5.82. The van der Waals surface area contributed by atoms with Crippen molar-refractivity contribution in [3.05, 3.63) is 35.0 Å². The first kappa shape index (κ1) is 16.2. The van der Waals surface area contributed by atoms with E-state index in [4.69, 9.17) is 0 Å². The number of rotatable bonds is 4. The Balaban J connectivity index is 1.29. The average Bonchev–Trinajstić information content (AvgIpc) is 3.02. The lowest BCUT2D eigenvalue weighted by molar-refractivity contribution is -0.0167. The van der Waals surface area contributed by atoms with Gasteiger partial charge in [0.2, 0.25) is 0 Å². The van der Waals surface area contributed by atoms with Gasteiger partial charge in [0.05, 0.1) is 0 Å². The van der Waals surface area contributed by atoms with Crippen LogP contribution in [0.15, 0.2) is 23.6 Å². The summed E-state index contributed by atoms with van der Waals surface area (Å²) in [5, 5.41) is 9.13. The van der Waals surface area contributed by atoms with Crippen molar-refractivity contribution in [3.63, 3.8) is 0 Å². The van der Waals surface area contributed by atoms with Crippen LogP contribution in [0.2, 0.25) is 0 Å². The van der Waals surface area contributed by atoms with Gasteiger partial charge in [0.15, 0.2) is 5.13 Å². The number of carbonyl (C=O) groups excluding carboxylic acids is 1. The molecule has 4 aliphatic rings. The Hall–Kier alpha value is -1.95. The fourth-order valence-corrected chi connectivity index (χ4v) is 6.42. The highest BCUT2D eigenvalue weighted by molar-refractivity contribution is 7.14. The van der Waals surface area contributed by atoms with E-state index in [0.29, 0.717) is 10.8 Å². The molecule has 0 atom stereocenters. The molecule has 4 bridgehead atoms. The van der Waals surface area contributed by atoms with Gasteiger partial charge >= 0.3 is 0 Å². The van der Waals surface area contributed by atoms with Crippen molar-refractivity contribution < 1.29 is 4.79 Å². The second-order valence-corrected chi connectivity index (χ2v) is 9.34. The molecule has 6 heteroatoms. The number of pyridine rings is 1. The highest BCUT2D eigenvalue weighted by Gasteiger charge is 2.51. The largest absolute Gasteiger partial charge is 0.345 e. The maximum absolute atomic E-state index is 12.8. The molecule has 2 aromatic heterocycles. The zero-order valence-corrected chi connectivity index (χ0v) is 15.8. The molecule has 0 spiro atoms. The third-order valence-electron chi connectivity index (χ3n) is 6.28. The van der Waals surface area contributed by atoms with Crippen LogP contribution < -0.4 is 10.6 Å². The Morgan fingerprint density at radius 3 is 2.46 bits per heavy atom. The lowest BCUT2D eigenvalue weighted by Crippen LogP contribution is -2.59. The molecule has 5 nitrogen and oxygen atoms in total. The summed E-state index contributed by atoms with van der Waals surface area (Å²) in [6.45, 7) is 1.96. The molecule has 0 aliphatic heterocycles. The quantitative estimate of drug-likeness (QED) is 0.845. The van der Waals surface area contributed by atoms with Crippen LogP contribution in [0, 0.1) is 24.7 Å². The van der Waals surface area contributed by atoms with Crippen molar-refractivity contribution in [2.45, 2.75) is 51.0 Å². The number of thiazole rings is 1. The number of hydrogen-bond donors (Lipinski definition) is 2. The third-order valence-corrected chi connectivity index (χ3v) is 7.03. The number of nitrogens with one attached hydrogen (secondary N) is 2. The number of amides is 1. The van der Waals surface area contributed by atoms with E-state index in [1.165, 1.54) is 30.6 Å². The molecule has 2 heterocycles. The highest BCUT2D eigenvalue weighted by atomic mass is 32.1. The van der Waals surface area contributed by atoms with E-state index in [-0.39, 0.29) is 11.4 Å². The summed E-state index contributed by atoms with van der Waals surface area (Å²) in [7, 11) is 0. The summed E-state index contributed by atoms with van der Waals surface area (Å²) in [5.74, 6) is 3.20. The summed E-state index contributed by atoms with van der Waals surface area (Å²) >= 11 is 1.45. The highest BCUT2D eigenvalue weighted by Crippen LogP contribution is 2.55. The van der Waals surface area contributed by atoms with E-state index >= 15 is 0 Å². The van der Waals surface area contributed by atoms with Gasteiger partial charge in [-0.25, -0.2) is 9.97 Å². The van der Waals surface area contributed by atoms with Gasteiger partial charge in [-0.05, 0) is 75.3 Å². The number of nitrogens with zero attached hydrogens (tertiary/aromatic N) is 2. The van der Waals surface area contributed by atoms with Crippen molar-refractivity contribution in [2.24, 2.45) is 17.8 Å². The fourth-order valence-electron chi connectivity index (χ4n) is 5.73. The molecule has 0 radical (unpaired) electrons. The Labute approximate surface area is 157 Å². The smallest absolute Gasteiger partial charge is 0.271 e. The van der Waals surface area contributed by atoms with Crippen molar-refractivity contribution in [1.82, 2.24) is 15.3 Å². The molecular formula is C20H24N4OS. The summed E-state index contributed by atoms with van der Waals surface area (Å²) in [6.07, 6.45) is 7.61. The predicted octanol–water partition coefficient (Wildman–Crippen LogP) is 4.29. The Kier molecular flexibility index (Phi) is 3.78. The Bertz CT molecular complexity index is 811. The van der Waals surface area contributed by atoms with Gasteiger partial charge in [-0.1, -0.05) is 6.07 Å². The van der Waals surface area contributed by atoms with Crippen LogP contribution in [0.3, 0.4) is 0 Å². The van der Waals surface area contributed by atoms with Crippen molar-refractivity contribution in [3.8, 4) is 0 Å². The predicted molar refractivity (Wildman–Crippen MR) is 103 cm³/mol. The van der Waals surface area contributed by atoms with E-state index in [1.54, 1.807) is 0 Å². The lowest BCUT2D eigenvalue weighted by atomic mass is 9.53. The summed E-state index contributed by atoms with van der Waals surface area (Å²) in [4.78, 5) is 21.8. The van der Waals surface area contributed by atoms with Crippen molar-refractivity contribution in [2.75, 3.05) is 5.32 Å². The molecule has 0 unspecified atom stereocenters. The normalized spacial score (nSPS) is 31.8. The van der Waals surface area contributed by atoms with Crippen LogP contribution in [-0.2, 0) is 0 Å². The van der Waals surface area contributed by atoms with E-state index in [2.05, 4.69) is 20.6 Å². The van der Waals surface area contributed by atoms with Crippen LogP contribution >= 0.6 is 11.3 Å². The van der Waals surface area contributed by atoms with Gasteiger partial charge < -0.3 is 10.6 Å². The minimum atomic E-state index is -0.0200. The van der Waals surface area contributed by atoms with Crippen LogP contribution in [-0.4, -0.2) is 21.4 Å². The molecule has 1 amide bonds. The van der Waals surface area contributed by atoms with E-state index < -0.39 is 0 Å². The van der Waals surface area contributed by atoms with Crippen molar-refractivity contribution in [1.29, 1.82) is 0 Å². The molecule has 4 fully saturated rings. The minimum absolute atomic E-state index is 0.0200. The molecular weight excluding hydrogens is 344 g/mol. The van der Waals surface area contributed by atoms with Gasteiger partial charge in [0, 0.05) is 16.6 Å². The molecule has 2 aromatic rings. The SMILES string of the molecule is Cc1cccc(Nc2nc(C(=O)NC34CC5CC(CC(C5)C3)C4)cs2)n1. The van der Waals surface area contributed by atoms with Crippen LogP contribution in [0.5, 0.6) is 0 Å². The van der Waals surface area contributed by atoms with Crippen LogP contribution in [0.4, 0.5) is 10.9 Å². The first-order valence-electron chi connectivity index (χ1n) is 9.56. The monoisotopic (exact) mass is 368 g/mol. The van der Waals surface area contributed by atoms with E-state index in [1.807, 2.05) is 30.5 Å². The summed E-state index contributed by atoms with van der Waals surface area (Å²) in [5.41, 5.74) is 1.49. The molecule has 4 aliphatic carbocycles.